The van der Waals surface area contributed by atoms with E-state index in [-0.39, 0.29) is 23.1 Å². The lowest BCUT2D eigenvalue weighted by Crippen LogP contribution is -2.51. The fraction of sp³-hybridized carbons (Fsp3) is 0.167. The van der Waals surface area contributed by atoms with Crippen LogP contribution in [0.4, 0.5) is 14.5 Å². The van der Waals surface area contributed by atoms with E-state index >= 15 is 0 Å². The molecule has 1 heterocycles. The number of nitrogens with one attached hydrogen (secondary N) is 1. The molecule has 32 heavy (non-hydrogen) atoms. The Labute approximate surface area is 183 Å². The van der Waals surface area contributed by atoms with E-state index in [0.29, 0.717) is 11.4 Å². The lowest BCUT2D eigenvalue weighted by Gasteiger charge is -2.31. The number of aliphatic hydroxyl groups excluding tert-OH is 1. The fourth-order valence-corrected chi connectivity index (χ4v) is 3.78. The third kappa shape index (κ3) is 4.17. The normalized spacial score (nSPS) is 14.8. The molecule has 2 N–H and O–H groups in total. The number of rotatable bonds is 7. The summed E-state index contributed by atoms with van der Waals surface area (Å²) in [5.74, 6) is -2.14. The third-order valence-corrected chi connectivity index (χ3v) is 5.29. The third-order valence-electron chi connectivity index (χ3n) is 5.29. The van der Waals surface area contributed by atoms with Gasteiger partial charge in [0.15, 0.2) is 0 Å². The summed E-state index contributed by atoms with van der Waals surface area (Å²) in [6.07, 6.45) is -1.58. The summed E-state index contributed by atoms with van der Waals surface area (Å²) < 4.78 is 32.6. The molecule has 4 rings (SSSR count). The standard InChI is InChI=1S/C24H20F2N2O4/c1-32-18-8-6-17(7-9-18)27-22(29)21(12-14-10-15(25)13-16(26)11-14)28-23(30)19-4-2-3-5-20(19)24(28)31/h2-11,13,21-22,27,29H,12H2,1H3/t21-,22?/m0/s1. The number of carbonyl (C=O) groups is 2. The minimum absolute atomic E-state index is 0.162. The van der Waals surface area contributed by atoms with Gasteiger partial charge in [0.2, 0.25) is 0 Å². The molecule has 6 nitrogen and oxygen atoms in total. The number of halogens is 2. The molecule has 0 aromatic heterocycles. The van der Waals surface area contributed by atoms with Gasteiger partial charge in [-0.2, -0.15) is 0 Å². The number of imide groups is 1. The van der Waals surface area contributed by atoms with Crippen molar-refractivity contribution in [1.29, 1.82) is 0 Å². The first-order valence-electron chi connectivity index (χ1n) is 9.88. The zero-order valence-electron chi connectivity index (χ0n) is 17.1. The molecule has 2 amide bonds. The van der Waals surface area contributed by atoms with Crippen molar-refractivity contribution in [3.05, 3.63) is 95.1 Å². The predicted octanol–water partition coefficient (Wildman–Crippen LogP) is 3.61. The van der Waals surface area contributed by atoms with E-state index in [9.17, 15) is 23.5 Å². The monoisotopic (exact) mass is 438 g/mol. The van der Waals surface area contributed by atoms with Crippen molar-refractivity contribution >= 4 is 17.5 Å². The van der Waals surface area contributed by atoms with Crippen molar-refractivity contribution in [2.24, 2.45) is 0 Å². The summed E-state index contributed by atoms with van der Waals surface area (Å²) in [7, 11) is 1.52. The molecule has 8 heteroatoms. The molecule has 1 aliphatic rings. The molecule has 0 saturated carbocycles. The average Bonchev–Trinajstić information content (AvgIpc) is 3.02. The molecule has 3 aromatic rings. The van der Waals surface area contributed by atoms with Gasteiger partial charge in [-0.3, -0.25) is 14.5 Å². The Balaban J connectivity index is 1.67. The van der Waals surface area contributed by atoms with Gasteiger partial charge >= 0.3 is 0 Å². The highest BCUT2D eigenvalue weighted by molar-refractivity contribution is 6.21. The molecule has 0 fully saturated rings. The van der Waals surface area contributed by atoms with Gasteiger partial charge in [0.25, 0.3) is 11.8 Å². The molecule has 0 bridgehead atoms. The first-order chi connectivity index (χ1) is 15.4. The van der Waals surface area contributed by atoms with Crippen LogP contribution in [0.25, 0.3) is 0 Å². The van der Waals surface area contributed by atoms with Crippen molar-refractivity contribution in [2.45, 2.75) is 18.7 Å². The highest BCUT2D eigenvalue weighted by Crippen LogP contribution is 2.28. The molecule has 0 saturated heterocycles. The number of aliphatic hydroxyl groups is 1. The predicted molar refractivity (Wildman–Crippen MR) is 113 cm³/mol. The molecule has 164 valence electrons. The van der Waals surface area contributed by atoms with Gasteiger partial charge in [-0.25, -0.2) is 8.78 Å². The topological polar surface area (TPSA) is 78.9 Å². The molecular formula is C24H20F2N2O4. The Hall–Kier alpha value is -3.78. The number of carbonyl (C=O) groups excluding carboxylic acids is 2. The molecule has 0 aliphatic carbocycles. The lowest BCUT2D eigenvalue weighted by molar-refractivity contribution is 0.0398. The van der Waals surface area contributed by atoms with Crippen LogP contribution in [0.5, 0.6) is 5.75 Å². The maximum atomic E-state index is 13.8. The number of nitrogens with zero attached hydrogens (tertiary/aromatic N) is 1. The number of methoxy groups -OCH3 is 1. The average molecular weight is 438 g/mol. The van der Waals surface area contributed by atoms with Gasteiger partial charge in [0.1, 0.15) is 23.6 Å². The zero-order chi connectivity index (χ0) is 22.8. The van der Waals surface area contributed by atoms with Crippen molar-refractivity contribution in [3.8, 4) is 5.75 Å². The molecule has 0 radical (unpaired) electrons. The van der Waals surface area contributed by atoms with Gasteiger partial charge in [-0.15, -0.1) is 0 Å². The van der Waals surface area contributed by atoms with Gasteiger partial charge in [-0.1, -0.05) is 12.1 Å². The second kappa shape index (κ2) is 8.76. The molecule has 1 aliphatic heterocycles. The van der Waals surface area contributed by atoms with Crippen LogP contribution >= 0.6 is 0 Å². The fourth-order valence-electron chi connectivity index (χ4n) is 3.78. The number of hydrogen-bond acceptors (Lipinski definition) is 5. The Morgan fingerprint density at radius 2 is 1.50 bits per heavy atom. The van der Waals surface area contributed by atoms with E-state index in [0.717, 1.165) is 23.1 Å². The molecular weight excluding hydrogens is 418 g/mol. The van der Waals surface area contributed by atoms with Crippen LogP contribution in [0, 0.1) is 11.6 Å². The summed E-state index contributed by atoms with van der Waals surface area (Å²) in [4.78, 5) is 27.0. The number of fused-ring (bicyclic) bond motifs is 1. The number of hydrogen-bond donors (Lipinski definition) is 2. The summed E-state index contributed by atoms with van der Waals surface area (Å²) in [6.45, 7) is 0. The highest BCUT2D eigenvalue weighted by atomic mass is 19.1. The van der Waals surface area contributed by atoms with Crippen LogP contribution < -0.4 is 10.1 Å². The molecule has 1 unspecified atom stereocenters. The maximum Gasteiger partial charge on any atom is 0.261 e. The number of ether oxygens (including phenoxy) is 1. The van der Waals surface area contributed by atoms with Crippen LogP contribution in [-0.4, -0.2) is 41.2 Å². The Kier molecular flexibility index (Phi) is 5.87. The van der Waals surface area contributed by atoms with E-state index in [2.05, 4.69) is 5.32 Å². The molecule has 3 aromatic carbocycles. The van der Waals surface area contributed by atoms with Gasteiger partial charge < -0.3 is 15.2 Å². The minimum Gasteiger partial charge on any atom is -0.497 e. The van der Waals surface area contributed by atoms with Crippen molar-refractivity contribution in [1.82, 2.24) is 4.90 Å². The number of amides is 2. The van der Waals surface area contributed by atoms with E-state index in [1.54, 1.807) is 36.4 Å². The minimum atomic E-state index is -1.42. The Morgan fingerprint density at radius 3 is 2.03 bits per heavy atom. The quantitative estimate of drug-likeness (QED) is 0.435. The SMILES string of the molecule is COc1ccc(NC(O)[C@H](Cc2cc(F)cc(F)c2)N2C(=O)c3ccccc3C2=O)cc1. The summed E-state index contributed by atoms with van der Waals surface area (Å²) in [5, 5.41) is 13.8. The molecule has 2 atom stereocenters. The summed E-state index contributed by atoms with van der Waals surface area (Å²) in [6, 6.07) is 14.8. The smallest absolute Gasteiger partial charge is 0.261 e. The van der Waals surface area contributed by atoms with Crippen molar-refractivity contribution < 1.29 is 28.2 Å². The van der Waals surface area contributed by atoms with Gasteiger partial charge in [0.05, 0.1) is 24.3 Å². The van der Waals surface area contributed by atoms with Crippen molar-refractivity contribution in [2.75, 3.05) is 12.4 Å². The molecule has 0 spiro atoms. The van der Waals surface area contributed by atoms with Crippen LogP contribution in [0.1, 0.15) is 26.3 Å². The van der Waals surface area contributed by atoms with E-state index in [4.69, 9.17) is 4.74 Å². The first kappa shape index (κ1) is 21.5. The summed E-state index contributed by atoms with van der Waals surface area (Å²) >= 11 is 0. The van der Waals surface area contributed by atoms with Crippen LogP contribution in [0.15, 0.2) is 66.7 Å². The first-order valence-corrected chi connectivity index (χ1v) is 9.88. The largest absolute Gasteiger partial charge is 0.497 e. The highest BCUT2D eigenvalue weighted by Gasteiger charge is 2.42. The van der Waals surface area contributed by atoms with Crippen LogP contribution in [0.2, 0.25) is 0 Å². The second-order valence-corrected chi connectivity index (χ2v) is 7.39. The number of anilines is 1. The van der Waals surface area contributed by atoms with Crippen LogP contribution in [0.3, 0.4) is 0 Å². The maximum absolute atomic E-state index is 13.8. The van der Waals surface area contributed by atoms with Crippen molar-refractivity contribution in [3.63, 3.8) is 0 Å². The van der Waals surface area contributed by atoms with Crippen LogP contribution in [-0.2, 0) is 6.42 Å². The second-order valence-electron chi connectivity index (χ2n) is 7.39. The summed E-state index contributed by atoms with van der Waals surface area (Å²) in [5.41, 5.74) is 1.12. The van der Waals surface area contributed by atoms with E-state index in [1.807, 2.05) is 0 Å². The Bertz CT molecular complexity index is 1110. The lowest BCUT2D eigenvalue weighted by atomic mass is 10.0. The van der Waals surface area contributed by atoms with E-state index in [1.165, 1.54) is 19.2 Å². The van der Waals surface area contributed by atoms with Gasteiger partial charge in [0, 0.05) is 11.8 Å². The Morgan fingerprint density at radius 1 is 0.938 bits per heavy atom. The van der Waals surface area contributed by atoms with Gasteiger partial charge in [-0.05, 0) is 60.5 Å². The zero-order valence-corrected chi connectivity index (χ0v) is 17.1. The van der Waals surface area contributed by atoms with E-state index < -0.39 is 35.7 Å². The number of benzene rings is 3.